The molecule has 0 saturated heterocycles. The first-order valence-electron chi connectivity index (χ1n) is 3.77. The molecule has 0 aliphatic carbocycles. The van der Waals surface area contributed by atoms with Crippen LogP contribution in [0.2, 0.25) is 0 Å². The van der Waals surface area contributed by atoms with Gasteiger partial charge in [-0.2, -0.15) is 0 Å². The fourth-order valence-corrected chi connectivity index (χ4v) is 0.724. The number of unbranched alkanes of at least 4 members (excludes halogenated alkanes) is 1. The number of rotatable bonds is 4. The highest BCUT2D eigenvalue weighted by Crippen LogP contribution is 2.05. The Balaban J connectivity index is 3.16. The van der Waals surface area contributed by atoms with Gasteiger partial charge in [-0.05, 0) is 19.3 Å². The minimum atomic E-state index is 0.310. The Bertz CT molecular complexity index is 59.6. The van der Waals surface area contributed by atoms with E-state index in [0.29, 0.717) is 12.0 Å². The first kappa shape index (κ1) is 8.96. The van der Waals surface area contributed by atoms with Crippen molar-refractivity contribution in [1.29, 1.82) is 0 Å². The third-order valence-corrected chi connectivity index (χ3v) is 1.62. The van der Waals surface area contributed by atoms with E-state index >= 15 is 0 Å². The molecule has 1 radical (unpaired) electrons. The van der Waals surface area contributed by atoms with Crippen LogP contribution in [-0.2, 0) is 0 Å². The fraction of sp³-hybridized carbons (Fsp3) is 0.875. The summed E-state index contributed by atoms with van der Waals surface area (Å²) in [4.78, 5) is 0. The van der Waals surface area contributed by atoms with Gasteiger partial charge in [0, 0.05) is 6.04 Å². The fourth-order valence-electron chi connectivity index (χ4n) is 0.724. The number of hydrogen-bond acceptors (Lipinski definition) is 1. The molecule has 0 fully saturated rings. The molecule has 0 amide bonds. The number of nitrogens with two attached hydrogens (primary N) is 1. The Morgan fingerprint density at radius 2 is 2.11 bits per heavy atom. The summed E-state index contributed by atoms with van der Waals surface area (Å²) in [5.41, 5.74) is 5.74. The molecule has 0 bridgehead atoms. The maximum atomic E-state index is 5.74. The predicted molar refractivity (Wildman–Crippen MR) is 42.0 cm³/mol. The van der Waals surface area contributed by atoms with E-state index in [4.69, 9.17) is 5.73 Å². The normalized spacial score (nSPS) is 14.3. The lowest BCUT2D eigenvalue weighted by atomic mass is 10.00. The lowest BCUT2D eigenvalue weighted by molar-refractivity contribution is 0.482. The highest BCUT2D eigenvalue weighted by atomic mass is 14.6. The van der Waals surface area contributed by atoms with Crippen molar-refractivity contribution in [2.75, 3.05) is 0 Å². The van der Waals surface area contributed by atoms with Crippen molar-refractivity contribution in [3.8, 4) is 0 Å². The van der Waals surface area contributed by atoms with Gasteiger partial charge in [0.1, 0.15) is 0 Å². The monoisotopic (exact) mass is 128 g/mol. The van der Waals surface area contributed by atoms with Crippen LogP contribution in [0.1, 0.15) is 33.1 Å². The molecule has 55 valence electrons. The summed E-state index contributed by atoms with van der Waals surface area (Å²) in [6.07, 6.45) is 3.60. The van der Waals surface area contributed by atoms with E-state index in [1.807, 2.05) is 0 Å². The van der Waals surface area contributed by atoms with Gasteiger partial charge in [-0.15, -0.1) is 0 Å². The predicted octanol–water partition coefficient (Wildman–Crippen LogP) is 1.97. The summed E-state index contributed by atoms with van der Waals surface area (Å²) >= 11 is 0. The van der Waals surface area contributed by atoms with Crippen molar-refractivity contribution >= 4 is 0 Å². The molecule has 0 aliphatic heterocycles. The van der Waals surface area contributed by atoms with E-state index < -0.39 is 0 Å². The van der Waals surface area contributed by atoms with E-state index in [2.05, 4.69) is 20.8 Å². The van der Waals surface area contributed by atoms with Crippen molar-refractivity contribution in [1.82, 2.24) is 0 Å². The Morgan fingerprint density at radius 1 is 1.56 bits per heavy atom. The van der Waals surface area contributed by atoms with Crippen LogP contribution in [-0.4, -0.2) is 6.04 Å². The van der Waals surface area contributed by atoms with Crippen molar-refractivity contribution < 1.29 is 0 Å². The second-order valence-corrected chi connectivity index (χ2v) is 2.78. The molecule has 0 aromatic rings. The van der Waals surface area contributed by atoms with E-state index in [9.17, 15) is 0 Å². The van der Waals surface area contributed by atoms with Gasteiger partial charge in [-0.25, -0.2) is 0 Å². The first-order chi connectivity index (χ1) is 4.18. The van der Waals surface area contributed by atoms with E-state index in [-0.39, 0.29) is 0 Å². The average Bonchev–Trinajstić information content (AvgIpc) is 1.82. The van der Waals surface area contributed by atoms with Crippen LogP contribution in [0.4, 0.5) is 0 Å². The molecule has 2 atom stereocenters. The molecule has 0 saturated carbocycles. The molecular weight excluding hydrogens is 110 g/mol. The lowest BCUT2D eigenvalue weighted by Crippen LogP contribution is -2.26. The Kier molecular flexibility index (Phi) is 4.78. The molecule has 9 heavy (non-hydrogen) atoms. The molecule has 2 N–H and O–H groups in total. The molecule has 0 rings (SSSR count). The Labute approximate surface area is 58.6 Å². The van der Waals surface area contributed by atoms with Crippen LogP contribution < -0.4 is 5.73 Å². The summed E-state index contributed by atoms with van der Waals surface area (Å²) in [6.45, 7) is 8.12. The second-order valence-electron chi connectivity index (χ2n) is 2.78. The largest absolute Gasteiger partial charge is 0.327 e. The Morgan fingerprint density at radius 3 is 2.44 bits per heavy atom. The molecular formula is C8H18N. The van der Waals surface area contributed by atoms with Crippen LogP contribution in [0, 0.1) is 12.8 Å². The summed E-state index contributed by atoms with van der Waals surface area (Å²) in [5, 5.41) is 0. The summed E-state index contributed by atoms with van der Waals surface area (Å²) < 4.78 is 0. The molecule has 0 aromatic heterocycles. The van der Waals surface area contributed by atoms with Crippen LogP contribution >= 0.6 is 0 Å². The van der Waals surface area contributed by atoms with Crippen LogP contribution in [0.3, 0.4) is 0 Å². The molecule has 0 aliphatic rings. The van der Waals surface area contributed by atoms with E-state index in [1.54, 1.807) is 0 Å². The molecule has 2 unspecified atom stereocenters. The van der Waals surface area contributed by atoms with Crippen molar-refractivity contribution in [2.45, 2.75) is 39.2 Å². The van der Waals surface area contributed by atoms with Gasteiger partial charge in [0.25, 0.3) is 0 Å². The van der Waals surface area contributed by atoms with Gasteiger partial charge in [0.2, 0.25) is 0 Å². The molecule has 0 spiro atoms. The third kappa shape index (κ3) is 4.46. The van der Waals surface area contributed by atoms with Crippen molar-refractivity contribution in [2.24, 2.45) is 11.7 Å². The Hall–Kier alpha value is -0.0400. The summed E-state index contributed by atoms with van der Waals surface area (Å²) in [5.74, 6) is 0.400. The van der Waals surface area contributed by atoms with Crippen LogP contribution in [0.15, 0.2) is 0 Å². The van der Waals surface area contributed by atoms with Gasteiger partial charge < -0.3 is 5.73 Å². The quantitative estimate of drug-likeness (QED) is 0.615. The molecule has 1 heteroatoms. The smallest absolute Gasteiger partial charge is 0.00645 e. The van der Waals surface area contributed by atoms with Gasteiger partial charge in [-0.1, -0.05) is 26.7 Å². The zero-order valence-corrected chi connectivity index (χ0v) is 6.56. The van der Waals surface area contributed by atoms with Gasteiger partial charge >= 0.3 is 0 Å². The van der Waals surface area contributed by atoms with Gasteiger partial charge in [-0.3, -0.25) is 0 Å². The molecule has 0 heterocycles. The average molecular weight is 128 g/mol. The minimum Gasteiger partial charge on any atom is -0.327 e. The number of hydrogen-bond donors (Lipinski definition) is 1. The van der Waals surface area contributed by atoms with Gasteiger partial charge in [0.05, 0.1) is 0 Å². The first-order valence-corrected chi connectivity index (χ1v) is 3.77. The van der Waals surface area contributed by atoms with E-state index in [1.165, 1.54) is 12.8 Å². The second kappa shape index (κ2) is 4.80. The van der Waals surface area contributed by atoms with Crippen LogP contribution in [0.25, 0.3) is 0 Å². The van der Waals surface area contributed by atoms with Crippen LogP contribution in [0.5, 0.6) is 0 Å². The maximum absolute atomic E-state index is 5.74. The SMILES string of the molecule is [CH2]C(C)C(N)CCCC. The standard InChI is InChI=1S/C8H18N/c1-4-5-6-8(9)7(2)3/h7-8H,2,4-6,9H2,1,3H3. The molecule has 0 aromatic carbocycles. The zero-order valence-electron chi connectivity index (χ0n) is 6.56. The topological polar surface area (TPSA) is 26.0 Å². The zero-order chi connectivity index (χ0) is 7.28. The minimum absolute atomic E-state index is 0.310. The lowest BCUT2D eigenvalue weighted by Gasteiger charge is -2.13. The highest BCUT2D eigenvalue weighted by molar-refractivity contribution is 4.69. The molecule has 1 nitrogen and oxygen atoms in total. The van der Waals surface area contributed by atoms with E-state index in [0.717, 1.165) is 6.42 Å². The summed E-state index contributed by atoms with van der Waals surface area (Å²) in [7, 11) is 0. The van der Waals surface area contributed by atoms with Crippen molar-refractivity contribution in [3.63, 3.8) is 0 Å². The van der Waals surface area contributed by atoms with Gasteiger partial charge in [0.15, 0.2) is 0 Å². The highest BCUT2D eigenvalue weighted by Gasteiger charge is 2.04. The van der Waals surface area contributed by atoms with Crippen molar-refractivity contribution in [3.05, 3.63) is 6.92 Å². The maximum Gasteiger partial charge on any atom is 0.00645 e. The third-order valence-electron chi connectivity index (χ3n) is 1.62. The summed E-state index contributed by atoms with van der Waals surface area (Å²) in [6, 6.07) is 0.310.